The van der Waals surface area contributed by atoms with Crippen molar-refractivity contribution in [3.8, 4) is 0 Å². The first-order valence-electron chi connectivity index (χ1n) is 6.30. The minimum Gasteiger partial charge on any atom is -0.381 e. The molecule has 0 radical (unpaired) electrons. The first-order chi connectivity index (χ1) is 8.92. The number of aryl methyl sites for hydroxylation is 1. The monoisotopic (exact) mass is 288 g/mol. The Hall–Kier alpha value is -1.12. The number of hydrogen-bond acceptors (Lipinski definition) is 5. The molecule has 1 aliphatic rings. The molecule has 0 unspecified atom stereocenters. The van der Waals surface area contributed by atoms with Crippen LogP contribution in [0.25, 0.3) is 0 Å². The van der Waals surface area contributed by atoms with Crippen LogP contribution in [0.3, 0.4) is 0 Å². The lowest BCUT2D eigenvalue weighted by atomic mass is 9.80. The van der Waals surface area contributed by atoms with E-state index < -0.39 is 10.0 Å². The van der Waals surface area contributed by atoms with Crippen molar-refractivity contribution in [2.75, 3.05) is 19.4 Å². The molecule has 3 N–H and O–H groups in total. The second-order valence-corrected chi connectivity index (χ2v) is 6.53. The van der Waals surface area contributed by atoms with Crippen molar-refractivity contribution in [3.63, 3.8) is 0 Å². The second-order valence-electron chi connectivity index (χ2n) is 4.80. The summed E-state index contributed by atoms with van der Waals surface area (Å²) in [7, 11) is -2.03. The maximum Gasteiger partial charge on any atom is 0.245 e. The van der Waals surface area contributed by atoms with Crippen molar-refractivity contribution < 1.29 is 13.2 Å². The number of anilines is 1. The van der Waals surface area contributed by atoms with Crippen LogP contribution >= 0.6 is 0 Å². The van der Waals surface area contributed by atoms with Gasteiger partial charge in [-0.1, -0.05) is 0 Å². The van der Waals surface area contributed by atoms with E-state index in [9.17, 15) is 8.42 Å². The highest BCUT2D eigenvalue weighted by atomic mass is 32.2. The van der Waals surface area contributed by atoms with Gasteiger partial charge in [0.2, 0.25) is 10.0 Å². The van der Waals surface area contributed by atoms with E-state index >= 15 is 0 Å². The molecule has 1 aliphatic carbocycles. The van der Waals surface area contributed by atoms with Crippen molar-refractivity contribution in [2.24, 2.45) is 0 Å². The quantitative estimate of drug-likeness (QED) is 0.786. The van der Waals surface area contributed by atoms with Gasteiger partial charge in [-0.25, -0.2) is 13.1 Å². The standard InChI is InChI=1S/C11H20N4O3S/c1-3-15-7-9(10(12)14-15)19(16,17)13-8-11(18-2)5-4-6-11/h7,13H,3-6,8H2,1-2H3,(H2,12,14). The van der Waals surface area contributed by atoms with Crippen LogP contribution < -0.4 is 10.5 Å². The average Bonchev–Trinajstić information content (AvgIpc) is 2.70. The van der Waals surface area contributed by atoms with Crippen LogP contribution in [-0.4, -0.2) is 37.5 Å². The summed E-state index contributed by atoms with van der Waals surface area (Å²) in [6, 6.07) is 0. The molecule has 8 heteroatoms. The molecule has 1 fully saturated rings. The van der Waals surface area contributed by atoms with Crippen LogP contribution in [0.5, 0.6) is 0 Å². The number of sulfonamides is 1. The lowest BCUT2D eigenvalue weighted by molar-refractivity contribution is -0.0659. The molecule has 7 nitrogen and oxygen atoms in total. The Bertz CT molecular complexity index is 543. The maximum absolute atomic E-state index is 12.2. The molecule has 0 aliphatic heterocycles. The SMILES string of the molecule is CCn1cc(S(=O)(=O)NCC2(OC)CCC2)c(N)n1. The number of nitrogens with two attached hydrogens (primary N) is 1. The van der Waals surface area contributed by atoms with Crippen molar-refractivity contribution in [3.05, 3.63) is 6.20 Å². The molecule has 0 saturated heterocycles. The predicted octanol–water partition coefficient (Wildman–Crippen LogP) is 0.333. The van der Waals surface area contributed by atoms with Crippen LogP contribution in [-0.2, 0) is 21.3 Å². The molecule has 0 amide bonds. The third kappa shape index (κ3) is 2.75. The first kappa shape index (κ1) is 14.3. The predicted molar refractivity (Wildman–Crippen MR) is 71.1 cm³/mol. The van der Waals surface area contributed by atoms with Gasteiger partial charge >= 0.3 is 0 Å². The lowest BCUT2D eigenvalue weighted by Crippen LogP contribution is -2.49. The number of rotatable bonds is 6. The molecule has 1 aromatic rings. The number of aromatic nitrogens is 2. The molecule has 1 saturated carbocycles. The third-order valence-electron chi connectivity index (χ3n) is 3.65. The van der Waals surface area contributed by atoms with E-state index in [1.165, 1.54) is 10.9 Å². The minimum atomic E-state index is -3.64. The highest BCUT2D eigenvalue weighted by Crippen LogP contribution is 2.34. The zero-order chi connectivity index (χ0) is 14.1. The van der Waals surface area contributed by atoms with E-state index in [0.29, 0.717) is 6.54 Å². The van der Waals surface area contributed by atoms with Crippen molar-refractivity contribution in [1.29, 1.82) is 0 Å². The molecular formula is C11H20N4O3S. The number of methoxy groups -OCH3 is 1. The number of ether oxygens (including phenoxy) is 1. The second kappa shape index (κ2) is 5.10. The van der Waals surface area contributed by atoms with Crippen molar-refractivity contribution in [1.82, 2.24) is 14.5 Å². The number of nitrogen functional groups attached to an aromatic ring is 1. The van der Waals surface area contributed by atoms with Gasteiger partial charge in [0, 0.05) is 26.4 Å². The van der Waals surface area contributed by atoms with Crippen LogP contribution in [0.4, 0.5) is 5.82 Å². The van der Waals surface area contributed by atoms with E-state index in [2.05, 4.69) is 9.82 Å². The van der Waals surface area contributed by atoms with E-state index in [-0.39, 0.29) is 22.9 Å². The largest absolute Gasteiger partial charge is 0.381 e. The van der Waals surface area contributed by atoms with E-state index in [4.69, 9.17) is 10.5 Å². The summed E-state index contributed by atoms with van der Waals surface area (Å²) in [5.74, 6) is 0.0226. The summed E-state index contributed by atoms with van der Waals surface area (Å²) in [6.45, 7) is 2.70. The zero-order valence-corrected chi connectivity index (χ0v) is 12.0. The normalized spacial score (nSPS) is 18.2. The van der Waals surface area contributed by atoms with E-state index in [1.807, 2.05) is 6.92 Å². The molecule has 1 aromatic heterocycles. The fourth-order valence-corrected chi connectivity index (χ4v) is 3.30. The Labute approximate surface area is 113 Å². The fourth-order valence-electron chi connectivity index (χ4n) is 2.12. The van der Waals surface area contributed by atoms with Gasteiger partial charge in [0.15, 0.2) is 5.82 Å². The first-order valence-corrected chi connectivity index (χ1v) is 7.78. The topological polar surface area (TPSA) is 99.2 Å². The van der Waals surface area contributed by atoms with Gasteiger partial charge in [-0.05, 0) is 26.2 Å². The van der Waals surface area contributed by atoms with Crippen molar-refractivity contribution in [2.45, 2.75) is 43.2 Å². The Morgan fingerprint density at radius 1 is 1.58 bits per heavy atom. The highest BCUT2D eigenvalue weighted by molar-refractivity contribution is 7.89. The molecule has 0 aromatic carbocycles. The zero-order valence-electron chi connectivity index (χ0n) is 11.2. The summed E-state index contributed by atoms with van der Waals surface area (Å²) < 4.78 is 33.8. The summed E-state index contributed by atoms with van der Waals surface area (Å²) in [6.07, 6.45) is 4.24. The van der Waals surface area contributed by atoms with Crippen LogP contribution in [0, 0.1) is 0 Å². The smallest absolute Gasteiger partial charge is 0.245 e. The lowest BCUT2D eigenvalue weighted by Gasteiger charge is -2.40. The molecule has 0 atom stereocenters. The fraction of sp³-hybridized carbons (Fsp3) is 0.727. The van der Waals surface area contributed by atoms with Gasteiger partial charge in [0.05, 0.1) is 5.60 Å². The number of nitrogens with zero attached hydrogens (tertiary/aromatic N) is 2. The summed E-state index contributed by atoms with van der Waals surface area (Å²) in [4.78, 5) is 0.0277. The van der Waals surface area contributed by atoms with Gasteiger partial charge in [-0.15, -0.1) is 0 Å². The molecule has 0 spiro atoms. The third-order valence-corrected chi connectivity index (χ3v) is 5.07. The Kier molecular flexibility index (Phi) is 3.84. The average molecular weight is 288 g/mol. The summed E-state index contributed by atoms with van der Waals surface area (Å²) in [5, 5.41) is 3.94. The van der Waals surface area contributed by atoms with E-state index in [1.54, 1.807) is 7.11 Å². The van der Waals surface area contributed by atoms with Gasteiger partial charge in [-0.3, -0.25) is 4.68 Å². The van der Waals surface area contributed by atoms with Crippen molar-refractivity contribution >= 4 is 15.8 Å². The number of nitrogens with one attached hydrogen (secondary N) is 1. The van der Waals surface area contributed by atoms with Crippen LogP contribution in [0.15, 0.2) is 11.1 Å². The highest BCUT2D eigenvalue weighted by Gasteiger charge is 2.38. The van der Waals surface area contributed by atoms with Gasteiger partial charge in [-0.2, -0.15) is 5.10 Å². The Morgan fingerprint density at radius 2 is 2.26 bits per heavy atom. The molecule has 0 bridgehead atoms. The molecule has 19 heavy (non-hydrogen) atoms. The van der Waals surface area contributed by atoms with Gasteiger partial charge in [0.25, 0.3) is 0 Å². The molecule has 1 heterocycles. The van der Waals surface area contributed by atoms with Crippen LogP contribution in [0.1, 0.15) is 26.2 Å². The molecule has 2 rings (SSSR count). The van der Waals surface area contributed by atoms with Crippen LogP contribution in [0.2, 0.25) is 0 Å². The van der Waals surface area contributed by atoms with Gasteiger partial charge < -0.3 is 10.5 Å². The Morgan fingerprint density at radius 3 is 2.68 bits per heavy atom. The van der Waals surface area contributed by atoms with E-state index in [0.717, 1.165) is 19.3 Å². The molecular weight excluding hydrogens is 268 g/mol. The maximum atomic E-state index is 12.2. The number of hydrogen-bond donors (Lipinski definition) is 2. The van der Waals surface area contributed by atoms with Gasteiger partial charge in [0.1, 0.15) is 4.90 Å². The Balaban J connectivity index is 2.11. The minimum absolute atomic E-state index is 0.0226. The summed E-state index contributed by atoms with van der Waals surface area (Å²) in [5.41, 5.74) is 5.28. The summed E-state index contributed by atoms with van der Waals surface area (Å²) >= 11 is 0. The molecule has 108 valence electrons.